The van der Waals surface area contributed by atoms with Crippen LogP contribution in [0.3, 0.4) is 0 Å². The maximum atomic E-state index is 12.7. The van der Waals surface area contributed by atoms with Gasteiger partial charge in [0.15, 0.2) is 11.5 Å². The Kier molecular flexibility index (Phi) is 4.41. The van der Waals surface area contributed by atoms with Crippen LogP contribution in [0, 0.1) is 6.92 Å². The summed E-state index contributed by atoms with van der Waals surface area (Å²) in [5.41, 5.74) is 2.60. The van der Waals surface area contributed by atoms with E-state index in [1.54, 1.807) is 31.2 Å². The fourth-order valence-electron chi connectivity index (χ4n) is 3.03. The van der Waals surface area contributed by atoms with Crippen LogP contribution in [0.25, 0.3) is 16.6 Å². The van der Waals surface area contributed by atoms with Gasteiger partial charge < -0.3 is 5.32 Å². The minimum absolute atomic E-state index is 0.0862. The van der Waals surface area contributed by atoms with Gasteiger partial charge in [-0.15, -0.1) is 5.10 Å². The van der Waals surface area contributed by atoms with Crippen LogP contribution in [0.4, 0.5) is 5.82 Å². The summed E-state index contributed by atoms with van der Waals surface area (Å²) in [6.07, 6.45) is 0. The van der Waals surface area contributed by atoms with Crippen molar-refractivity contribution in [2.45, 2.75) is 13.8 Å². The first-order valence-electron chi connectivity index (χ1n) is 8.74. The second-order valence-electron chi connectivity index (χ2n) is 6.35. The Morgan fingerprint density at radius 2 is 1.71 bits per heavy atom. The molecule has 1 N–H and O–H groups in total. The Morgan fingerprint density at radius 3 is 2.54 bits per heavy atom. The van der Waals surface area contributed by atoms with Crippen LogP contribution in [0.15, 0.2) is 60.7 Å². The molecule has 2 aromatic carbocycles. The van der Waals surface area contributed by atoms with E-state index in [9.17, 15) is 9.59 Å². The van der Waals surface area contributed by atoms with E-state index in [4.69, 9.17) is 0 Å². The number of hydrogen-bond donors (Lipinski definition) is 1. The van der Waals surface area contributed by atoms with Gasteiger partial charge in [0, 0.05) is 10.9 Å². The topological polar surface area (TPSA) is 89.8 Å². The van der Waals surface area contributed by atoms with E-state index in [1.165, 1.54) is 11.6 Å². The van der Waals surface area contributed by atoms with Crippen molar-refractivity contribution in [1.82, 2.24) is 20.0 Å². The molecular formula is C21H17N5O2. The minimum atomic E-state index is -0.410. The lowest BCUT2D eigenvalue weighted by atomic mass is 10.1. The monoisotopic (exact) mass is 371 g/mol. The van der Waals surface area contributed by atoms with Crippen molar-refractivity contribution in [1.29, 1.82) is 0 Å². The molecule has 0 aliphatic heterocycles. The number of carbonyl (C=O) groups is 2. The normalized spacial score (nSPS) is 10.8. The van der Waals surface area contributed by atoms with Crippen LogP contribution < -0.4 is 5.32 Å². The average Bonchev–Trinajstić information content (AvgIpc) is 3.09. The highest BCUT2D eigenvalue weighted by Crippen LogP contribution is 2.19. The zero-order valence-electron chi connectivity index (χ0n) is 15.4. The number of nitrogens with one attached hydrogen (secondary N) is 1. The standard InChI is InChI=1S/C21H17N5O2/c1-13-20(24-25-26(13)18-10-6-4-8-16(18)14(2)27)21(28)23-19-12-11-15-7-3-5-9-17(15)22-19/h3-12H,1-2H3,(H,22,23,28). The fourth-order valence-corrected chi connectivity index (χ4v) is 3.03. The van der Waals surface area contributed by atoms with Crippen LogP contribution in [-0.4, -0.2) is 31.7 Å². The van der Waals surface area contributed by atoms with Crippen molar-refractivity contribution in [3.63, 3.8) is 0 Å². The molecule has 0 aliphatic rings. The van der Waals surface area contributed by atoms with E-state index < -0.39 is 5.91 Å². The average molecular weight is 371 g/mol. The molecule has 0 aliphatic carbocycles. The van der Waals surface area contributed by atoms with Crippen molar-refractivity contribution in [2.24, 2.45) is 0 Å². The van der Waals surface area contributed by atoms with Crippen LogP contribution in [0.2, 0.25) is 0 Å². The van der Waals surface area contributed by atoms with E-state index in [-0.39, 0.29) is 11.5 Å². The number of fused-ring (bicyclic) bond motifs is 1. The fraction of sp³-hybridized carbons (Fsp3) is 0.0952. The summed E-state index contributed by atoms with van der Waals surface area (Å²) < 4.78 is 1.50. The number of ketones is 1. The number of benzene rings is 2. The summed E-state index contributed by atoms with van der Waals surface area (Å²) >= 11 is 0. The van der Waals surface area contributed by atoms with Gasteiger partial charge in [0.05, 0.1) is 16.9 Å². The molecule has 2 aromatic heterocycles. The summed E-state index contributed by atoms with van der Waals surface area (Å²) in [5.74, 6) is -0.0644. The van der Waals surface area contributed by atoms with Crippen LogP contribution in [0.5, 0.6) is 0 Å². The lowest BCUT2D eigenvalue weighted by molar-refractivity contribution is 0.101. The Hall–Kier alpha value is -3.87. The molecule has 0 fully saturated rings. The molecule has 2 heterocycles. The van der Waals surface area contributed by atoms with Gasteiger partial charge in [0.2, 0.25) is 0 Å². The SMILES string of the molecule is CC(=O)c1ccccc1-n1nnc(C(=O)Nc2ccc3ccccc3n2)c1C. The molecule has 0 atom stereocenters. The zero-order chi connectivity index (χ0) is 19.7. The number of anilines is 1. The number of nitrogens with zero attached hydrogens (tertiary/aromatic N) is 4. The number of hydrogen-bond acceptors (Lipinski definition) is 5. The third-order valence-corrected chi connectivity index (χ3v) is 4.46. The molecule has 0 bridgehead atoms. The number of carbonyl (C=O) groups excluding carboxylic acids is 2. The Morgan fingerprint density at radius 1 is 0.964 bits per heavy atom. The summed E-state index contributed by atoms with van der Waals surface area (Å²) in [4.78, 5) is 29.0. The number of rotatable bonds is 4. The van der Waals surface area contributed by atoms with Gasteiger partial charge in [0.1, 0.15) is 5.82 Å². The highest BCUT2D eigenvalue weighted by molar-refractivity contribution is 6.03. The van der Waals surface area contributed by atoms with Gasteiger partial charge in [-0.3, -0.25) is 9.59 Å². The van der Waals surface area contributed by atoms with Crippen LogP contribution >= 0.6 is 0 Å². The van der Waals surface area contributed by atoms with Gasteiger partial charge in [-0.25, -0.2) is 9.67 Å². The van der Waals surface area contributed by atoms with Crippen molar-refractivity contribution in [3.05, 3.63) is 77.6 Å². The second-order valence-corrected chi connectivity index (χ2v) is 6.35. The van der Waals surface area contributed by atoms with Crippen LogP contribution in [0.1, 0.15) is 33.5 Å². The lowest BCUT2D eigenvalue weighted by Gasteiger charge is -2.08. The van der Waals surface area contributed by atoms with E-state index in [0.717, 1.165) is 10.9 Å². The van der Waals surface area contributed by atoms with Crippen molar-refractivity contribution >= 4 is 28.4 Å². The largest absolute Gasteiger partial charge is 0.305 e. The first-order valence-corrected chi connectivity index (χ1v) is 8.74. The third-order valence-electron chi connectivity index (χ3n) is 4.46. The molecular weight excluding hydrogens is 354 g/mol. The molecule has 0 saturated carbocycles. The summed E-state index contributed by atoms with van der Waals surface area (Å²) in [6, 6.07) is 18.4. The zero-order valence-corrected chi connectivity index (χ0v) is 15.4. The molecule has 138 valence electrons. The summed E-state index contributed by atoms with van der Waals surface area (Å²) in [6.45, 7) is 3.23. The van der Waals surface area contributed by atoms with Crippen molar-refractivity contribution in [2.75, 3.05) is 5.32 Å². The second kappa shape index (κ2) is 7.03. The highest BCUT2D eigenvalue weighted by Gasteiger charge is 2.20. The molecule has 0 spiro atoms. The third kappa shape index (κ3) is 3.14. The molecule has 0 unspecified atom stereocenters. The Balaban J connectivity index is 1.65. The van der Waals surface area contributed by atoms with Gasteiger partial charge in [-0.2, -0.15) is 0 Å². The van der Waals surface area contributed by atoms with Crippen LogP contribution in [-0.2, 0) is 0 Å². The predicted molar refractivity (Wildman–Crippen MR) is 106 cm³/mol. The Bertz CT molecular complexity index is 1210. The smallest absolute Gasteiger partial charge is 0.279 e. The summed E-state index contributed by atoms with van der Waals surface area (Å²) in [5, 5.41) is 11.8. The molecule has 0 saturated heterocycles. The molecule has 7 heteroatoms. The lowest BCUT2D eigenvalue weighted by Crippen LogP contribution is -2.15. The molecule has 7 nitrogen and oxygen atoms in total. The number of para-hydroxylation sites is 2. The molecule has 4 aromatic rings. The van der Waals surface area contributed by atoms with Crippen molar-refractivity contribution < 1.29 is 9.59 Å². The highest BCUT2D eigenvalue weighted by atomic mass is 16.2. The molecule has 0 radical (unpaired) electrons. The van der Waals surface area contributed by atoms with E-state index in [1.807, 2.05) is 36.4 Å². The molecule has 1 amide bonds. The van der Waals surface area contributed by atoms with Gasteiger partial charge in [-0.1, -0.05) is 35.5 Å². The molecule has 4 rings (SSSR count). The van der Waals surface area contributed by atoms with E-state index in [2.05, 4.69) is 20.6 Å². The first-order chi connectivity index (χ1) is 13.5. The number of amides is 1. The van der Waals surface area contributed by atoms with Gasteiger partial charge in [0.25, 0.3) is 5.91 Å². The minimum Gasteiger partial charge on any atom is -0.305 e. The maximum absolute atomic E-state index is 12.7. The quantitative estimate of drug-likeness (QED) is 0.554. The maximum Gasteiger partial charge on any atom is 0.279 e. The molecule has 28 heavy (non-hydrogen) atoms. The van der Waals surface area contributed by atoms with Gasteiger partial charge >= 0.3 is 0 Å². The van der Waals surface area contributed by atoms with Gasteiger partial charge in [-0.05, 0) is 44.2 Å². The summed E-state index contributed by atoms with van der Waals surface area (Å²) in [7, 11) is 0. The van der Waals surface area contributed by atoms with Crippen molar-refractivity contribution in [3.8, 4) is 5.69 Å². The number of Topliss-reactive ketones (excluding diaryl/α,β-unsaturated/α-hetero) is 1. The first kappa shape index (κ1) is 17.5. The number of aromatic nitrogens is 4. The predicted octanol–water partition coefficient (Wildman–Crippen LogP) is 3.58. The van der Waals surface area contributed by atoms with E-state index in [0.29, 0.717) is 22.8 Å². The Labute approximate surface area is 161 Å². The van der Waals surface area contributed by atoms with E-state index >= 15 is 0 Å². The number of pyridine rings is 1.